The van der Waals surface area contributed by atoms with Gasteiger partial charge in [-0.2, -0.15) is 0 Å². The van der Waals surface area contributed by atoms with Gasteiger partial charge in [0.15, 0.2) is 0 Å². The average Bonchev–Trinajstić information content (AvgIpc) is 2.82. The molecular weight excluding hydrogens is 216 g/mol. The minimum absolute atomic E-state index is 0.00148. The highest BCUT2D eigenvalue weighted by atomic mass is 16.5. The molecule has 92 valence electrons. The Hall–Kier alpha value is -1.55. The first-order valence-electron chi connectivity index (χ1n) is 6.01. The third-order valence-corrected chi connectivity index (χ3v) is 2.95. The SMILES string of the molecule is Nc1ccccc1NC(=O)CCC1CCCO1. The van der Waals surface area contributed by atoms with E-state index in [1.54, 1.807) is 12.1 Å². The Morgan fingerprint density at radius 1 is 1.47 bits per heavy atom. The zero-order valence-corrected chi connectivity index (χ0v) is 9.82. The predicted octanol–water partition coefficient (Wildman–Crippen LogP) is 2.17. The summed E-state index contributed by atoms with van der Waals surface area (Å²) in [5.41, 5.74) is 7.03. The normalized spacial score (nSPS) is 19.2. The molecule has 2 rings (SSSR count). The third kappa shape index (κ3) is 3.46. The lowest BCUT2D eigenvalue weighted by Crippen LogP contribution is -2.15. The zero-order chi connectivity index (χ0) is 12.1. The van der Waals surface area contributed by atoms with Crippen molar-refractivity contribution in [2.75, 3.05) is 17.7 Å². The number of hydrogen-bond acceptors (Lipinski definition) is 3. The van der Waals surface area contributed by atoms with Crippen molar-refractivity contribution in [1.29, 1.82) is 0 Å². The highest BCUT2D eigenvalue weighted by molar-refractivity contribution is 5.93. The van der Waals surface area contributed by atoms with Crippen LogP contribution in [0, 0.1) is 0 Å². The molecular formula is C13H18N2O2. The molecule has 1 saturated heterocycles. The van der Waals surface area contributed by atoms with Crippen molar-refractivity contribution in [3.63, 3.8) is 0 Å². The number of hydrogen-bond donors (Lipinski definition) is 2. The Labute approximate surface area is 101 Å². The van der Waals surface area contributed by atoms with Crippen LogP contribution in [0.5, 0.6) is 0 Å². The molecule has 3 N–H and O–H groups in total. The molecule has 0 bridgehead atoms. The van der Waals surface area contributed by atoms with Crippen LogP contribution in [0.2, 0.25) is 0 Å². The quantitative estimate of drug-likeness (QED) is 0.785. The van der Waals surface area contributed by atoms with Crippen molar-refractivity contribution < 1.29 is 9.53 Å². The van der Waals surface area contributed by atoms with Gasteiger partial charge in [-0.1, -0.05) is 12.1 Å². The summed E-state index contributed by atoms with van der Waals surface area (Å²) in [6.07, 6.45) is 3.71. The van der Waals surface area contributed by atoms with Crippen molar-refractivity contribution in [1.82, 2.24) is 0 Å². The van der Waals surface area contributed by atoms with E-state index in [0.717, 1.165) is 25.9 Å². The van der Waals surface area contributed by atoms with Crippen LogP contribution in [0.15, 0.2) is 24.3 Å². The second-order valence-corrected chi connectivity index (χ2v) is 4.31. The maximum absolute atomic E-state index is 11.7. The predicted molar refractivity (Wildman–Crippen MR) is 67.7 cm³/mol. The highest BCUT2D eigenvalue weighted by Crippen LogP contribution is 2.19. The summed E-state index contributed by atoms with van der Waals surface area (Å²) in [5.74, 6) is -0.00148. The Kier molecular flexibility index (Phi) is 3.98. The van der Waals surface area contributed by atoms with E-state index < -0.39 is 0 Å². The van der Waals surface area contributed by atoms with Crippen LogP contribution in [-0.4, -0.2) is 18.6 Å². The van der Waals surface area contributed by atoms with E-state index in [1.807, 2.05) is 12.1 Å². The minimum atomic E-state index is -0.00148. The largest absolute Gasteiger partial charge is 0.397 e. The van der Waals surface area contributed by atoms with Crippen LogP contribution >= 0.6 is 0 Å². The number of anilines is 2. The fourth-order valence-electron chi connectivity index (χ4n) is 1.99. The summed E-state index contributed by atoms with van der Waals surface area (Å²) in [7, 11) is 0. The average molecular weight is 234 g/mol. The number of amides is 1. The minimum Gasteiger partial charge on any atom is -0.397 e. The number of nitrogen functional groups attached to an aromatic ring is 1. The maximum atomic E-state index is 11.7. The van der Waals surface area contributed by atoms with E-state index in [1.165, 1.54) is 0 Å². The standard InChI is InChI=1S/C13H18N2O2/c14-11-5-1-2-6-12(11)15-13(16)8-7-10-4-3-9-17-10/h1-2,5-6,10H,3-4,7-9,14H2,(H,15,16). The van der Waals surface area contributed by atoms with Crippen LogP contribution in [-0.2, 0) is 9.53 Å². The topological polar surface area (TPSA) is 64.3 Å². The highest BCUT2D eigenvalue weighted by Gasteiger charge is 2.16. The molecule has 4 heteroatoms. The van der Waals surface area contributed by atoms with Crippen molar-refractivity contribution in [2.45, 2.75) is 31.8 Å². The summed E-state index contributed by atoms with van der Waals surface area (Å²) in [5, 5.41) is 2.81. The summed E-state index contributed by atoms with van der Waals surface area (Å²) < 4.78 is 5.47. The zero-order valence-electron chi connectivity index (χ0n) is 9.82. The molecule has 1 unspecified atom stereocenters. The van der Waals surface area contributed by atoms with Gasteiger partial charge in [0, 0.05) is 13.0 Å². The molecule has 0 spiro atoms. The van der Waals surface area contributed by atoms with Gasteiger partial charge in [-0.25, -0.2) is 0 Å². The van der Waals surface area contributed by atoms with E-state index in [2.05, 4.69) is 5.32 Å². The van der Waals surface area contributed by atoms with Gasteiger partial charge in [0.25, 0.3) is 0 Å². The van der Waals surface area contributed by atoms with Crippen LogP contribution in [0.3, 0.4) is 0 Å². The van der Waals surface area contributed by atoms with Gasteiger partial charge in [0.1, 0.15) is 0 Å². The molecule has 1 fully saturated rings. The smallest absolute Gasteiger partial charge is 0.224 e. The lowest BCUT2D eigenvalue weighted by Gasteiger charge is -2.10. The number of para-hydroxylation sites is 2. The van der Waals surface area contributed by atoms with Crippen LogP contribution in [0.1, 0.15) is 25.7 Å². The van der Waals surface area contributed by atoms with Crippen molar-refractivity contribution in [3.8, 4) is 0 Å². The third-order valence-electron chi connectivity index (χ3n) is 2.95. The van der Waals surface area contributed by atoms with Gasteiger partial charge >= 0.3 is 0 Å². The Morgan fingerprint density at radius 2 is 2.29 bits per heavy atom. The fourth-order valence-corrected chi connectivity index (χ4v) is 1.99. The number of ether oxygens (including phenoxy) is 1. The molecule has 0 saturated carbocycles. The maximum Gasteiger partial charge on any atom is 0.224 e. The van der Waals surface area contributed by atoms with Crippen LogP contribution in [0.4, 0.5) is 11.4 Å². The molecule has 1 aliphatic heterocycles. The first kappa shape index (κ1) is 11.9. The van der Waals surface area contributed by atoms with Crippen molar-refractivity contribution in [3.05, 3.63) is 24.3 Å². The van der Waals surface area contributed by atoms with Crippen LogP contribution < -0.4 is 11.1 Å². The Balaban J connectivity index is 1.79. The van der Waals surface area contributed by atoms with Gasteiger partial charge in [-0.15, -0.1) is 0 Å². The molecule has 0 aliphatic carbocycles. The van der Waals surface area contributed by atoms with Gasteiger partial charge in [0.05, 0.1) is 17.5 Å². The Bertz CT molecular complexity index is 387. The van der Waals surface area contributed by atoms with E-state index >= 15 is 0 Å². The molecule has 4 nitrogen and oxygen atoms in total. The molecule has 0 radical (unpaired) electrons. The molecule has 1 amide bonds. The lowest BCUT2D eigenvalue weighted by molar-refractivity contribution is -0.116. The molecule has 1 aromatic rings. The number of carbonyl (C=O) groups excluding carboxylic acids is 1. The fraction of sp³-hybridized carbons (Fsp3) is 0.462. The number of rotatable bonds is 4. The lowest BCUT2D eigenvalue weighted by atomic mass is 10.1. The second kappa shape index (κ2) is 5.68. The molecule has 1 aromatic carbocycles. The Morgan fingerprint density at radius 3 is 3.00 bits per heavy atom. The number of carbonyl (C=O) groups is 1. The van der Waals surface area contributed by atoms with Crippen molar-refractivity contribution in [2.24, 2.45) is 0 Å². The molecule has 1 aliphatic rings. The first-order chi connectivity index (χ1) is 8.25. The number of nitrogens with one attached hydrogen (secondary N) is 1. The van der Waals surface area contributed by atoms with Gasteiger partial charge < -0.3 is 15.8 Å². The van der Waals surface area contributed by atoms with Crippen LogP contribution in [0.25, 0.3) is 0 Å². The van der Waals surface area contributed by atoms with Gasteiger partial charge in [-0.05, 0) is 31.4 Å². The van der Waals surface area contributed by atoms with Gasteiger partial charge in [0.2, 0.25) is 5.91 Å². The first-order valence-corrected chi connectivity index (χ1v) is 6.01. The summed E-state index contributed by atoms with van der Waals surface area (Å²) in [6.45, 7) is 0.831. The molecule has 17 heavy (non-hydrogen) atoms. The monoisotopic (exact) mass is 234 g/mol. The van der Waals surface area contributed by atoms with E-state index in [9.17, 15) is 4.79 Å². The van der Waals surface area contributed by atoms with Crippen molar-refractivity contribution >= 4 is 17.3 Å². The number of nitrogens with two attached hydrogens (primary N) is 1. The second-order valence-electron chi connectivity index (χ2n) is 4.31. The molecule has 0 aromatic heterocycles. The molecule has 1 atom stereocenters. The van der Waals surface area contributed by atoms with E-state index in [-0.39, 0.29) is 12.0 Å². The summed E-state index contributed by atoms with van der Waals surface area (Å²) >= 11 is 0. The molecule has 1 heterocycles. The number of benzene rings is 1. The van der Waals surface area contributed by atoms with Gasteiger partial charge in [-0.3, -0.25) is 4.79 Å². The van der Waals surface area contributed by atoms with E-state index in [0.29, 0.717) is 17.8 Å². The van der Waals surface area contributed by atoms with E-state index in [4.69, 9.17) is 10.5 Å². The summed E-state index contributed by atoms with van der Waals surface area (Å²) in [4.78, 5) is 11.7. The summed E-state index contributed by atoms with van der Waals surface area (Å²) in [6, 6.07) is 7.28.